The molecule has 0 radical (unpaired) electrons. The van der Waals surface area contributed by atoms with Crippen LogP contribution in [0.1, 0.15) is 48.4 Å². The third-order valence-corrected chi connectivity index (χ3v) is 4.15. The van der Waals surface area contributed by atoms with Gasteiger partial charge >= 0.3 is 0 Å². The van der Waals surface area contributed by atoms with E-state index in [1.807, 2.05) is 7.11 Å². The molecule has 3 rings (SSSR count). The van der Waals surface area contributed by atoms with Gasteiger partial charge in [0.2, 0.25) is 0 Å². The van der Waals surface area contributed by atoms with Crippen LogP contribution in [0, 0.1) is 0 Å². The molecule has 1 aromatic rings. The summed E-state index contributed by atoms with van der Waals surface area (Å²) in [4.78, 5) is 0. The molecule has 92 valence electrons. The molecule has 1 aliphatic heterocycles. The van der Waals surface area contributed by atoms with Crippen molar-refractivity contribution in [1.82, 2.24) is 5.32 Å². The Balaban J connectivity index is 2.03. The second kappa shape index (κ2) is 4.69. The van der Waals surface area contributed by atoms with Crippen molar-refractivity contribution >= 4 is 0 Å². The van der Waals surface area contributed by atoms with Crippen LogP contribution in [0.5, 0.6) is 5.75 Å². The van der Waals surface area contributed by atoms with Gasteiger partial charge in [-0.05, 0) is 56.2 Å². The number of fused-ring (bicyclic) bond motifs is 1. The average molecular weight is 231 g/mol. The van der Waals surface area contributed by atoms with E-state index < -0.39 is 0 Å². The highest BCUT2D eigenvalue weighted by Gasteiger charge is 2.24. The van der Waals surface area contributed by atoms with Gasteiger partial charge in [-0.3, -0.25) is 0 Å². The fourth-order valence-electron chi connectivity index (χ4n) is 3.28. The van der Waals surface area contributed by atoms with E-state index in [4.69, 9.17) is 4.74 Å². The van der Waals surface area contributed by atoms with Crippen LogP contribution >= 0.6 is 0 Å². The summed E-state index contributed by atoms with van der Waals surface area (Å²) in [5, 5.41) is 3.57. The molecule has 1 atom stereocenters. The van der Waals surface area contributed by atoms with E-state index in [2.05, 4.69) is 17.4 Å². The van der Waals surface area contributed by atoms with Gasteiger partial charge in [0.1, 0.15) is 5.75 Å². The molecule has 0 amide bonds. The molecule has 0 aromatic heterocycles. The van der Waals surface area contributed by atoms with Crippen molar-refractivity contribution in [2.75, 3.05) is 13.7 Å². The summed E-state index contributed by atoms with van der Waals surface area (Å²) >= 11 is 0. The van der Waals surface area contributed by atoms with Crippen molar-refractivity contribution in [2.45, 2.75) is 44.6 Å². The largest absolute Gasteiger partial charge is 0.496 e. The summed E-state index contributed by atoms with van der Waals surface area (Å²) in [7, 11) is 1.82. The van der Waals surface area contributed by atoms with Gasteiger partial charge in [0.05, 0.1) is 7.11 Å². The van der Waals surface area contributed by atoms with Crippen LogP contribution in [0.3, 0.4) is 0 Å². The Hall–Kier alpha value is -1.02. The Kier molecular flexibility index (Phi) is 3.06. The van der Waals surface area contributed by atoms with Crippen LogP contribution in [0.15, 0.2) is 12.1 Å². The zero-order chi connectivity index (χ0) is 11.7. The number of hydrogen-bond acceptors (Lipinski definition) is 2. The number of hydrogen-bond donors (Lipinski definition) is 1. The van der Waals surface area contributed by atoms with Gasteiger partial charge in [0.15, 0.2) is 0 Å². The van der Waals surface area contributed by atoms with Crippen molar-refractivity contribution in [1.29, 1.82) is 0 Å². The van der Waals surface area contributed by atoms with Crippen LogP contribution in [0.25, 0.3) is 0 Å². The van der Waals surface area contributed by atoms with Crippen molar-refractivity contribution in [3.05, 3.63) is 28.8 Å². The summed E-state index contributed by atoms with van der Waals surface area (Å²) in [5.41, 5.74) is 4.37. The highest BCUT2D eigenvalue weighted by atomic mass is 16.5. The van der Waals surface area contributed by atoms with E-state index in [1.54, 1.807) is 0 Å². The number of nitrogens with one attached hydrogen (secondary N) is 1. The molecule has 1 unspecified atom stereocenters. The summed E-state index contributed by atoms with van der Waals surface area (Å²) in [6.07, 6.45) is 7.59. The predicted molar refractivity (Wildman–Crippen MR) is 69.6 cm³/mol. The minimum absolute atomic E-state index is 0.511. The molecule has 2 aliphatic rings. The minimum atomic E-state index is 0.511. The summed E-state index contributed by atoms with van der Waals surface area (Å²) in [5.74, 6) is 1.17. The maximum Gasteiger partial charge on any atom is 0.127 e. The smallest absolute Gasteiger partial charge is 0.127 e. The summed E-state index contributed by atoms with van der Waals surface area (Å²) < 4.78 is 5.72. The van der Waals surface area contributed by atoms with Gasteiger partial charge in [0, 0.05) is 11.6 Å². The van der Waals surface area contributed by atoms with E-state index in [0.717, 1.165) is 6.54 Å². The highest BCUT2D eigenvalue weighted by Crippen LogP contribution is 2.38. The third kappa shape index (κ3) is 1.95. The lowest BCUT2D eigenvalue weighted by Gasteiger charge is -2.23. The van der Waals surface area contributed by atoms with Crippen LogP contribution in [0.4, 0.5) is 0 Å². The molecular formula is C15H21NO. The van der Waals surface area contributed by atoms with Gasteiger partial charge in [-0.1, -0.05) is 12.1 Å². The van der Waals surface area contributed by atoms with Crippen LogP contribution < -0.4 is 10.1 Å². The van der Waals surface area contributed by atoms with E-state index in [9.17, 15) is 0 Å². The topological polar surface area (TPSA) is 21.3 Å². The van der Waals surface area contributed by atoms with E-state index >= 15 is 0 Å². The molecule has 0 bridgehead atoms. The third-order valence-electron chi connectivity index (χ3n) is 4.15. The Morgan fingerprint density at radius 2 is 2.06 bits per heavy atom. The Labute approximate surface area is 103 Å². The molecule has 1 fully saturated rings. The Bertz CT molecular complexity index is 408. The molecule has 0 spiro atoms. The lowest BCUT2D eigenvalue weighted by Crippen LogP contribution is -2.16. The first-order chi connectivity index (χ1) is 8.40. The SMILES string of the molecule is COc1c(C2CCCN2)ccc2c1CCCC2. The normalized spacial score (nSPS) is 23.5. The molecule has 2 nitrogen and oxygen atoms in total. The number of rotatable bonds is 2. The molecule has 1 aromatic carbocycles. The molecule has 17 heavy (non-hydrogen) atoms. The Morgan fingerprint density at radius 1 is 1.18 bits per heavy atom. The first-order valence-electron chi connectivity index (χ1n) is 6.82. The molecule has 1 N–H and O–H groups in total. The van der Waals surface area contributed by atoms with Gasteiger partial charge in [-0.15, -0.1) is 0 Å². The Morgan fingerprint density at radius 3 is 2.82 bits per heavy atom. The lowest BCUT2D eigenvalue weighted by atomic mass is 9.87. The highest BCUT2D eigenvalue weighted by molar-refractivity contribution is 5.49. The molecular weight excluding hydrogens is 210 g/mol. The fraction of sp³-hybridized carbons (Fsp3) is 0.600. The first kappa shape index (κ1) is 11.1. The van der Waals surface area contributed by atoms with Crippen molar-refractivity contribution in [3.63, 3.8) is 0 Å². The van der Waals surface area contributed by atoms with Crippen LogP contribution in [0.2, 0.25) is 0 Å². The minimum Gasteiger partial charge on any atom is -0.496 e. The fourth-order valence-corrected chi connectivity index (χ4v) is 3.28. The maximum absolute atomic E-state index is 5.72. The number of aryl methyl sites for hydroxylation is 1. The quantitative estimate of drug-likeness (QED) is 0.845. The first-order valence-corrected chi connectivity index (χ1v) is 6.82. The molecule has 2 heteroatoms. The zero-order valence-corrected chi connectivity index (χ0v) is 10.6. The monoisotopic (exact) mass is 231 g/mol. The van der Waals surface area contributed by atoms with Crippen molar-refractivity contribution in [3.8, 4) is 5.75 Å². The van der Waals surface area contributed by atoms with Crippen molar-refractivity contribution in [2.24, 2.45) is 0 Å². The second-order valence-corrected chi connectivity index (χ2v) is 5.18. The maximum atomic E-state index is 5.72. The van der Waals surface area contributed by atoms with E-state index in [0.29, 0.717) is 6.04 Å². The lowest BCUT2D eigenvalue weighted by molar-refractivity contribution is 0.395. The number of ether oxygens (including phenoxy) is 1. The molecule has 1 heterocycles. The average Bonchev–Trinajstić information content (AvgIpc) is 2.91. The van der Waals surface area contributed by atoms with E-state index in [1.165, 1.54) is 61.0 Å². The van der Waals surface area contributed by atoms with Gasteiger partial charge in [-0.25, -0.2) is 0 Å². The van der Waals surface area contributed by atoms with Crippen molar-refractivity contribution < 1.29 is 4.74 Å². The van der Waals surface area contributed by atoms with Gasteiger partial charge in [-0.2, -0.15) is 0 Å². The van der Waals surface area contributed by atoms with Gasteiger partial charge < -0.3 is 10.1 Å². The van der Waals surface area contributed by atoms with Crippen LogP contribution in [-0.2, 0) is 12.8 Å². The van der Waals surface area contributed by atoms with E-state index in [-0.39, 0.29) is 0 Å². The zero-order valence-electron chi connectivity index (χ0n) is 10.6. The summed E-state index contributed by atoms with van der Waals surface area (Å²) in [6, 6.07) is 5.12. The molecule has 1 saturated heterocycles. The predicted octanol–water partition coefficient (Wildman–Crippen LogP) is 3.00. The van der Waals surface area contributed by atoms with Gasteiger partial charge in [0.25, 0.3) is 0 Å². The standard InChI is InChI=1S/C15H21NO/c1-17-15-12-6-3-2-5-11(12)8-9-13(15)14-7-4-10-16-14/h8-9,14,16H,2-7,10H2,1H3. The molecule has 0 saturated carbocycles. The number of benzene rings is 1. The number of methoxy groups -OCH3 is 1. The second-order valence-electron chi connectivity index (χ2n) is 5.18. The molecule has 1 aliphatic carbocycles. The summed E-state index contributed by atoms with van der Waals surface area (Å²) in [6.45, 7) is 1.14. The van der Waals surface area contributed by atoms with Crippen LogP contribution in [-0.4, -0.2) is 13.7 Å².